The molecule has 0 spiro atoms. The van der Waals surface area contributed by atoms with Gasteiger partial charge in [-0.25, -0.2) is 0 Å². The Kier molecular flexibility index (Phi) is 7.03. The first-order valence-corrected chi connectivity index (χ1v) is 8.01. The molecule has 0 aromatic rings. The van der Waals surface area contributed by atoms with Crippen molar-refractivity contribution in [3.05, 3.63) is 0 Å². The van der Waals surface area contributed by atoms with E-state index in [4.69, 9.17) is 4.74 Å². The van der Waals surface area contributed by atoms with Crippen molar-refractivity contribution in [3.63, 3.8) is 0 Å². The molecule has 1 aliphatic carbocycles. The van der Waals surface area contributed by atoms with Crippen molar-refractivity contribution in [2.45, 2.75) is 84.2 Å². The van der Waals surface area contributed by atoms with Gasteiger partial charge in [0.2, 0.25) is 0 Å². The highest BCUT2D eigenvalue weighted by Crippen LogP contribution is 2.38. The summed E-state index contributed by atoms with van der Waals surface area (Å²) >= 11 is 0. The van der Waals surface area contributed by atoms with E-state index in [9.17, 15) is 14.7 Å². The van der Waals surface area contributed by atoms with Gasteiger partial charge in [0.1, 0.15) is 6.10 Å². The highest BCUT2D eigenvalue weighted by molar-refractivity contribution is 5.99. The molecule has 0 aromatic heterocycles. The minimum Gasteiger partial charge on any atom is -0.480 e. The predicted octanol–water partition coefficient (Wildman–Crippen LogP) is 3.92. The maximum atomic E-state index is 12.4. The van der Waals surface area contributed by atoms with E-state index in [1.54, 1.807) is 0 Å². The monoisotopic (exact) mass is 284 g/mol. The number of rotatable bonds is 8. The van der Waals surface area contributed by atoms with Gasteiger partial charge in [0.05, 0.1) is 0 Å². The highest BCUT2D eigenvalue weighted by Gasteiger charge is 2.48. The fraction of sp³-hybridized carbons (Fsp3) is 0.875. The van der Waals surface area contributed by atoms with Crippen molar-refractivity contribution in [3.8, 4) is 0 Å². The summed E-state index contributed by atoms with van der Waals surface area (Å²) in [4.78, 5) is 23.9. The molecule has 0 aromatic carbocycles. The molecule has 1 N–H and O–H groups in total. The highest BCUT2D eigenvalue weighted by atomic mass is 16.5. The van der Waals surface area contributed by atoms with Crippen LogP contribution in [-0.2, 0) is 14.3 Å². The molecule has 1 saturated carbocycles. The number of carboxylic acids is 1. The molecule has 0 bridgehead atoms. The Morgan fingerprint density at radius 2 is 1.80 bits per heavy atom. The van der Waals surface area contributed by atoms with Crippen LogP contribution in [0.3, 0.4) is 0 Å². The van der Waals surface area contributed by atoms with Gasteiger partial charge in [0.25, 0.3) is 0 Å². The molecule has 4 heteroatoms. The normalized spacial score (nSPS) is 19.3. The van der Waals surface area contributed by atoms with Crippen LogP contribution in [0.25, 0.3) is 0 Å². The average Bonchev–Trinajstić information content (AvgIpc) is 2.46. The van der Waals surface area contributed by atoms with Gasteiger partial charge >= 0.3 is 11.9 Å². The fourth-order valence-corrected chi connectivity index (χ4v) is 2.89. The second-order valence-electron chi connectivity index (χ2n) is 5.88. The van der Waals surface area contributed by atoms with E-state index >= 15 is 0 Å². The Balaban J connectivity index is 2.62. The fourth-order valence-electron chi connectivity index (χ4n) is 2.89. The lowest BCUT2D eigenvalue weighted by molar-refractivity contribution is -0.175. The smallest absolute Gasteiger partial charge is 0.323 e. The number of carbonyl (C=O) groups is 2. The van der Waals surface area contributed by atoms with Gasteiger partial charge < -0.3 is 9.84 Å². The molecular weight excluding hydrogens is 256 g/mol. The Hall–Kier alpha value is -1.06. The molecule has 0 radical (unpaired) electrons. The number of carboxylic acid groups (broad SMARTS) is 1. The molecule has 0 heterocycles. The van der Waals surface area contributed by atoms with E-state index in [-0.39, 0.29) is 6.10 Å². The standard InChI is InChI=1S/C16H28O4/c1-3-5-7-10-13(4-2)20-15(19)16(14(17)18)11-8-6-9-12-16/h13H,3-12H2,1-2H3,(H,17,18). The largest absolute Gasteiger partial charge is 0.480 e. The SMILES string of the molecule is CCCCCC(CC)OC(=O)C1(C(=O)O)CCCCC1. The van der Waals surface area contributed by atoms with E-state index in [0.717, 1.165) is 51.4 Å². The Bertz CT molecular complexity index is 318. The van der Waals surface area contributed by atoms with E-state index in [1.165, 1.54) is 0 Å². The van der Waals surface area contributed by atoms with Gasteiger partial charge in [-0.1, -0.05) is 46.0 Å². The summed E-state index contributed by atoms with van der Waals surface area (Å²) in [5, 5.41) is 9.46. The van der Waals surface area contributed by atoms with E-state index in [1.807, 2.05) is 6.92 Å². The second-order valence-corrected chi connectivity index (χ2v) is 5.88. The van der Waals surface area contributed by atoms with E-state index < -0.39 is 17.4 Å². The number of unbranched alkanes of at least 4 members (excludes halogenated alkanes) is 2. The van der Waals surface area contributed by atoms with Gasteiger partial charge in [0, 0.05) is 0 Å². The minimum absolute atomic E-state index is 0.132. The van der Waals surface area contributed by atoms with Crippen LogP contribution in [0.5, 0.6) is 0 Å². The Morgan fingerprint density at radius 3 is 2.30 bits per heavy atom. The summed E-state index contributed by atoms with van der Waals surface area (Å²) < 4.78 is 5.53. The lowest BCUT2D eigenvalue weighted by Crippen LogP contribution is -2.43. The van der Waals surface area contributed by atoms with Crippen LogP contribution in [0.4, 0.5) is 0 Å². The molecule has 4 nitrogen and oxygen atoms in total. The number of hydrogen-bond donors (Lipinski definition) is 1. The number of aliphatic carboxylic acids is 1. The summed E-state index contributed by atoms with van der Waals surface area (Å²) in [5.74, 6) is -1.52. The van der Waals surface area contributed by atoms with Crippen molar-refractivity contribution >= 4 is 11.9 Å². The molecule has 116 valence electrons. The first-order valence-electron chi connectivity index (χ1n) is 8.01. The molecule has 1 atom stereocenters. The molecule has 1 unspecified atom stereocenters. The third-order valence-electron chi connectivity index (χ3n) is 4.37. The van der Waals surface area contributed by atoms with Gasteiger partial charge in [0.15, 0.2) is 5.41 Å². The van der Waals surface area contributed by atoms with Crippen LogP contribution in [0.2, 0.25) is 0 Å². The summed E-state index contributed by atoms with van der Waals surface area (Å²) in [5.41, 5.74) is -1.28. The third-order valence-corrected chi connectivity index (χ3v) is 4.37. The van der Waals surface area contributed by atoms with Crippen LogP contribution in [0, 0.1) is 5.41 Å². The van der Waals surface area contributed by atoms with Gasteiger partial charge in [-0.3, -0.25) is 9.59 Å². The first kappa shape index (κ1) is 17.0. The molecule has 1 aliphatic rings. The Labute approximate surface area is 121 Å². The third kappa shape index (κ3) is 4.22. The zero-order chi connectivity index (χ0) is 15.0. The van der Waals surface area contributed by atoms with Crippen LogP contribution in [0.1, 0.15) is 78.1 Å². The quantitative estimate of drug-likeness (QED) is 0.417. The van der Waals surface area contributed by atoms with Crippen molar-refractivity contribution in [2.24, 2.45) is 5.41 Å². The number of hydrogen-bond acceptors (Lipinski definition) is 3. The maximum Gasteiger partial charge on any atom is 0.323 e. The topological polar surface area (TPSA) is 63.6 Å². The first-order chi connectivity index (χ1) is 9.56. The summed E-state index contributed by atoms with van der Waals surface area (Å²) in [6, 6.07) is 0. The minimum atomic E-state index is -1.28. The molecule has 0 amide bonds. The maximum absolute atomic E-state index is 12.4. The number of ether oxygens (including phenoxy) is 1. The van der Waals surface area contributed by atoms with Crippen LogP contribution >= 0.6 is 0 Å². The molecular formula is C16H28O4. The van der Waals surface area contributed by atoms with Gasteiger partial charge in [-0.2, -0.15) is 0 Å². The van der Waals surface area contributed by atoms with Crippen molar-refractivity contribution in [2.75, 3.05) is 0 Å². The Morgan fingerprint density at radius 1 is 1.15 bits per heavy atom. The van der Waals surface area contributed by atoms with E-state index in [0.29, 0.717) is 12.8 Å². The number of esters is 1. The van der Waals surface area contributed by atoms with Gasteiger partial charge in [-0.15, -0.1) is 0 Å². The summed E-state index contributed by atoms with van der Waals surface area (Å²) in [7, 11) is 0. The van der Waals surface area contributed by atoms with Crippen molar-refractivity contribution in [1.29, 1.82) is 0 Å². The second kappa shape index (κ2) is 8.28. The summed E-state index contributed by atoms with van der Waals surface area (Å²) in [6.45, 7) is 4.12. The van der Waals surface area contributed by atoms with Crippen LogP contribution in [0.15, 0.2) is 0 Å². The molecule has 1 rings (SSSR count). The van der Waals surface area contributed by atoms with Crippen LogP contribution in [-0.4, -0.2) is 23.1 Å². The van der Waals surface area contributed by atoms with Gasteiger partial charge in [-0.05, 0) is 32.1 Å². The lowest BCUT2D eigenvalue weighted by atomic mass is 9.74. The van der Waals surface area contributed by atoms with Crippen molar-refractivity contribution < 1.29 is 19.4 Å². The molecule has 1 fully saturated rings. The average molecular weight is 284 g/mol. The predicted molar refractivity (Wildman–Crippen MR) is 77.5 cm³/mol. The molecule has 20 heavy (non-hydrogen) atoms. The molecule has 0 saturated heterocycles. The zero-order valence-corrected chi connectivity index (χ0v) is 12.8. The van der Waals surface area contributed by atoms with Crippen LogP contribution < -0.4 is 0 Å². The molecule has 0 aliphatic heterocycles. The lowest BCUT2D eigenvalue weighted by Gasteiger charge is -2.32. The zero-order valence-electron chi connectivity index (χ0n) is 12.8. The summed E-state index contributed by atoms with van der Waals surface area (Å²) in [6.07, 6.45) is 8.20. The van der Waals surface area contributed by atoms with Crippen molar-refractivity contribution in [1.82, 2.24) is 0 Å². The van der Waals surface area contributed by atoms with E-state index in [2.05, 4.69) is 6.92 Å². The number of carbonyl (C=O) groups excluding carboxylic acids is 1.